The van der Waals surface area contributed by atoms with Gasteiger partial charge in [0.15, 0.2) is 0 Å². The summed E-state index contributed by atoms with van der Waals surface area (Å²) in [4.78, 5) is 13.0. The van der Waals surface area contributed by atoms with Gasteiger partial charge in [0, 0.05) is 24.1 Å². The number of rotatable bonds is 4. The number of hydrogen-bond acceptors (Lipinski definition) is 3. The van der Waals surface area contributed by atoms with Crippen LogP contribution in [0.4, 0.5) is 10.6 Å². The Labute approximate surface area is 176 Å². The Balaban J connectivity index is 1.37. The van der Waals surface area contributed by atoms with Crippen molar-refractivity contribution in [3.05, 3.63) is 77.5 Å². The average Bonchev–Trinajstić information content (AvgIpc) is 3.46. The molecule has 2 aliphatic rings. The van der Waals surface area contributed by atoms with E-state index in [1.165, 1.54) is 5.56 Å². The minimum Gasteiger partial charge on any atom is -0.333 e. The van der Waals surface area contributed by atoms with Crippen LogP contribution in [0.3, 0.4) is 0 Å². The molecular weight excluding hydrogens is 374 g/mol. The number of para-hydroxylation sites is 1. The normalized spacial score (nSPS) is 22.6. The molecule has 1 saturated heterocycles. The summed E-state index contributed by atoms with van der Waals surface area (Å²) in [5.41, 5.74) is 4.45. The molecule has 6 heteroatoms. The van der Waals surface area contributed by atoms with Gasteiger partial charge >= 0.3 is 6.03 Å². The molecule has 0 saturated carbocycles. The minimum absolute atomic E-state index is 0.0311. The fourth-order valence-corrected chi connectivity index (χ4v) is 4.84. The number of nitrogens with one attached hydrogen (secondary N) is 3. The monoisotopic (exact) mass is 401 g/mol. The second-order valence-corrected chi connectivity index (χ2v) is 8.21. The highest BCUT2D eigenvalue weighted by molar-refractivity contribution is 5.90. The molecule has 0 bridgehead atoms. The molecule has 3 N–H and O–H groups in total. The van der Waals surface area contributed by atoms with Gasteiger partial charge in [0.05, 0.1) is 17.4 Å². The summed E-state index contributed by atoms with van der Waals surface area (Å²) in [6, 6.07) is 20.6. The van der Waals surface area contributed by atoms with E-state index in [9.17, 15) is 4.79 Å². The first-order valence-electron chi connectivity index (χ1n) is 10.7. The maximum Gasteiger partial charge on any atom is 0.320 e. The number of carbonyl (C=O) groups excluding carboxylic acids is 1. The summed E-state index contributed by atoms with van der Waals surface area (Å²) in [7, 11) is 0. The summed E-state index contributed by atoms with van der Waals surface area (Å²) in [6.07, 6.45) is 3.00. The van der Waals surface area contributed by atoms with Gasteiger partial charge in [-0.25, -0.2) is 9.48 Å². The number of hydrogen-bond donors (Lipinski definition) is 3. The van der Waals surface area contributed by atoms with Gasteiger partial charge < -0.3 is 10.6 Å². The van der Waals surface area contributed by atoms with Gasteiger partial charge in [-0.1, -0.05) is 48.5 Å². The van der Waals surface area contributed by atoms with Crippen molar-refractivity contribution in [2.24, 2.45) is 0 Å². The number of carbonyl (C=O) groups is 1. The van der Waals surface area contributed by atoms with Gasteiger partial charge in [0.2, 0.25) is 0 Å². The number of aromatic nitrogens is 2. The van der Waals surface area contributed by atoms with Crippen molar-refractivity contribution >= 4 is 11.8 Å². The molecule has 6 nitrogen and oxygen atoms in total. The van der Waals surface area contributed by atoms with E-state index in [0.717, 1.165) is 48.6 Å². The third kappa shape index (κ3) is 3.48. The first kappa shape index (κ1) is 18.9. The molecule has 154 valence electrons. The number of urea groups is 1. The van der Waals surface area contributed by atoms with Gasteiger partial charge in [-0.3, -0.25) is 5.32 Å². The molecule has 0 radical (unpaired) electrons. The van der Waals surface area contributed by atoms with Crippen molar-refractivity contribution in [2.75, 3.05) is 11.9 Å². The van der Waals surface area contributed by atoms with Crippen LogP contribution in [-0.4, -0.2) is 34.4 Å². The molecule has 3 atom stereocenters. The highest BCUT2D eigenvalue weighted by Crippen LogP contribution is 2.31. The maximum absolute atomic E-state index is 13.0. The average molecular weight is 402 g/mol. The molecule has 0 spiro atoms. The zero-order valence-electron chi connectivity index (χ0n) is 17.1. The number of aryl methyl sites for hydroxylation is 1. The van der Waals surface area contributed by atoms with Crippen molar-refractivity contribution < 1.29 is 4.79 Å². The summed E-state index contributed by atoms with van der Waals surface area (Å²) >= 11 is 0. The van der Waals surface area contributed by atoms with E-state index in [0.29, 0.717) is 6.04 Å². The molecule has 3 aromatic rings. The lowest BCUT2D eigenvalue weighted by Gasteiger charge is -2.23. The Morgan fingerprint density at radius 3 is 2.57 bits per heavy atom. The maximum atomic E-state index is 13.0. The largest absolute Gasteiger partial charge is 0.333 e. The van der Waals surface area contributed by atoms with Crippen LogP contribution in [0.5, 0.6) is 0 Å². The molecule has 1 aromatic heterocycles. The van der Waals surface area contributed by atoms with Gasteiger partial charge in [-0.15, -0.1) is 0 Å². The van der Waals surface area contributed by atoms with Crippen molar-refractivity contribution in [1.82, 2.24) is 20.4 Å². The van der Waals surface area contributed by atoms with Crippen molar-refractivity contribution in [2.45, 2.75) is 44.2 Å². The van der Waals surface area contributed by atoms with Crippen LogP contribution in [0.25, 0.3) is 5.69 Å². The molecule has 2 heterocycles. The number of nitrogens with zero attached hydrogens (tertiary/aromatic N) is 2. The first-order chi connectivity index (χ1) is 14.7. The fourth-order valence-electron chi connectivity index (χ4n) is 4.84. The van der Waals surface area contributed by atoms with Crippen LogP contribution in [0.2, 0.25) is 0 Å². The number of anilines is 1. The third-order valence-corrected chi connectivity index (χ3v) is 6.27. The third-order valence-electron chi connectivity index (χ3n) is 6.27. The van der Waals surface area contributed by atoms with E-state index in [-0.39, 0.29) is 18.0 Å². The van der Waals surface area contributed by atoms with E-state index >= 15 is 0 Å². The second kappa shape index (κ2) is 7.95. The van der Waals surface area contributed by atoms with Crippen LogP contribution >= 0.6 is 0 Å². The van der Waals surface area contributed by atoms with Gasteiger partial charge in [0.25, 0.3) is 0 Å². The lowest BCUT2D eigenvalue weighted by Crippen LogP contribution is -2.42. The van der Waals surface area contributed by atoms with Crippen LogP contribution in [0.15, 0.2) is 60.7 Å². The highest BCUT2D eigenvalue weighted by atomic mass is 16.2. The Kier molecular flexibility index (Phi) is 5.01. The lowest BCUT2D eigenvalue weighted by atomic mass is 9.89. The van der Waals surface area contributed by atoms with E-state index in [2.05, 4.69) is 47.1 Å². The molecule has 30 heavy (non-hydrogen) atoms. The van der Waals surface area contributed by atoms with Crippen LogP contribution in [0.1, 0.15) is 36.1 Å². The van der Waals surface area contributed by atoms with Crippen LogP contribution in [0, 0.1) is 0 Å². The zero-order valence-corrected chi connectivity index (χ0v) is 17.1. The Bertz CT molecular complexity index is 1030. The quantitative estimate of drug-likeness (QED) is 0.625. The Hall–Kier alpha value is -3.12. The summed E-state index contributed by atoms with van der Waals surface area (Å²) in [6.45, 7) is 2.93. The molecule has 1 aliphatic carbocycles. The highest BCUT2D eigenvalue weighted by Gasteiger charge is 2.35. The molecule has 1 fully saturated rings. The fraction of sp³-hybridized carbons (Fsp3) is 0.333. The van der Waals surface area contributed by atoms with Crippen molar-refractivity contribution in [3.8, 4) is 5.69 Å². The van der Waals surface area contributed by atoms with E-state index in [4.69, 9.17) is 5.10 Å². The molecule has 0 unspecified atom stereocenters. The topological polar surface area (TPSA) is 71.0 Å². The van der Waals surface area contributed by atoms with E-state index < -0.39 is 0 Å². The van der Waals surface area contributed by atoms with Crippen molar-refractivity contribution in [3.63, 3.8) is 0 Å². The van der Waals surface area contributed by atoms with Gasteiger partial charge in [-0.05, 0) is 43.9 Å². The van der Waals surface area contributed by atoms with E-state index in [1.54, 1.807) is 0 Å². The lowest BCUT2D eigenvalue weighted by molar-refractivity contribution is 0.248. The number of fused-ring (bicyclic) bond motifs is 1. The second-order valence-electron chi connectivity index (χ2n) is 8.21. The molecular formula is C24H27N5O. The molecule has 2 aromatic carbocycles. The standard InChI is InChI=1S/C24H27N5O/c1-16-22(17-9-4-2-5-10-17)21(15-25-16)26-24(30)27-23-19-13-8-14-20(19)28-29(23)18-11-6-3-7-12-18/h2-7,9-12,16,21-22,25H,8,13-15H2,1H3,(H2,26,27,30)/t16-,21+,22-/m1/s1. The first-order valence-corrected chi connectivity index (χ1v) is 10.7. The summed E-state index contributed by atoms with van der Waals surface area (Å²) in [5, 5.41) is 14.6. The Morgan fingerprint density at radius 2 is 1.80 bits per heavy atom. The predicted octanol–water partition coefficient (Wildman–Crippen LogP) is 3.63. The molecule has 1 aliphatic heterocycles. The minimum atomic E-state index is -0.177. The number of benzene rings is 2. The van der Waals surface area contributed by atoms with Crippen LogP contribution < -0.4 is 16.0 Å². The predicted molar refractivity (Wildman–Crippen MR) is 118 cm³/mol. The zero-order chi connectivity index (χ0) is 20.5. The number of amides is 2. The molecule has 2 amide bonds. The van der Waals surface area contributed by atoms with Crippen molar-refractivity contribution in [1.29, 1.82) is 0 Å². The van der Waals surface area contributed by atoms with Crippen LogP contribution in [-0.2, 0) is 12.8 Å². The van der Waals surface area contributed by atoms with Gasteiger partial charge in [-0.2, -0.15) is 5.10 Å². The summed E-state index contributed by atoms with van der Waals surface area (Å²) < 4.78 is 1.87. The SMILES string of the molecule is C[C@H]1NC[C@H](NC(=O)Nc2c3c(nn2-c2ccccc2)CCC3)[C@H]1c1ccccc1. The van der Waals surface area contributed by atoms with Gasteiger partial charge in [0.1, 0.15) is 5.82 Å². The summed E-state index contributed by atoms with van der Waals surface area (Å²) in [5.74, 6) is 1.03. The van der Waals surface area contributed by atoms with E-state index in [1.807, 2.05) is 41.1 Å². The Morgan fingerprint density at radius 1 is 1.07 bits per heavy atom. The molecule has 5 rings (SSSR count). The smallest absolute Gasteiger partial charge is 0.320 e.